The van der Waals surface area contributed by atoms with E-state index in [4.69, 9.17) is 4.74 Å². The van der Waals surface area contributed by atoms with Crippen molar-refractivity contribution in [2.45, 2.75) is 32.0 Å². The number of thioether (sulfide) groups is 1. The molecule has 0 aliphatic heterocycles. The van der Waals surface area contributed by atoms with Crippen molar-refractivity contribution in [2.24, 2.45) is 0 Å². The number of allylic oxidation sites excluding steroid dienone is 1. The Morgan fingerprint density at radius 1 is 1.26 bits per heavy atom. The second-order valence-corrected chi connectivity index (χ2v) is 9.84. The second kappa shape index (κ2) is 11.3. The summed E-state index contributed by atoms with van der Waals surface area (Å²) < 4.78 is 6.86. The molecule has 0 unspecified atom stereocenters. The van der Waals surface area contributed by atoms with Crippen LogP contribution in [0.1, 0.15) is 27.7 Å². The smallest absolute Gasteiger partial charge is 0.341 e. The summed E-state index contributed by atoms with van der Waals surface area (Å²) in [7, 11) is 5.32. The maximum Gasteiger partial charge on any atom is 0.341 e. The Labute approximate surface area is 208 Å². The van der Waals surface area contributed by atoms with Crippen LogP contribution in [0.3, 0.4) is 0 Å². The maximum atomic E-state index is 12.7. The Morgan fingerprint density at radius 3 is 2.56 bits per heavy atom. The number of aromatic nitrogens is 3. The van der Waals surface area contributed by atoms with Crippen LogP contribution in [0.2, 0.25) is 0 Å². The van der Waals surface area contributed by atoms with Crippen molar-refractivity contribution in [3.05, 3.63) is 52.9 Å². The van der Waals surface area contributed by atoms with E-state index in [1.807, 2.05) is 61.7 Å². The lowest BCUT2D eigenvalue weighted by Gasteiger charge is -2.13. The largest absolute Gasteiger partial charge is 0.465 e. The molecule has 10 heteroatoms. The minimum atomic E-state index is -0.445. The molecule has 180 valence electrons. The highest BCUT2D eigenvalue weighted by molar-refractivity contribution is 7.99. The van der Waals surface area contributed by atoms with Crippen molar-refractivity contribution < 1.29 is 14.3 Å². The molecule has 0 saturated carbocycles. The molecule has 0 atom stereocenters. The number of carbonyl (C=O) groups is 2. The first-order chi connectivity index (χ1) is 16.3. The molecule has 3 aromatic rings. The number of nitrogens with zero attached hydrogens (tertiary/aromatic N) is 4. The Bertz CT molecular complexity index is 1180. The number of nitrogens with one attached hydrogen (secondary N) is 1. The zero-order chi connectivity index (χ0) is 24.8. The van der Waals surface area contributed by atoms with Gasteiger partial charge in [-0.15, -0.1) is 28.1 Å². The summed E-state index contributed by atoms with van der Waals surface area (Å²) in [6.45, 7) is 8.26. The zero-order valence-corrected chi connectivity index (χ0v) is 21.7. The van der Waals surface area contributed by atoms with Crippen molar-refractivity contribution in [2.75, 3.05) is 37.2 Å². The molecule has 8 nitrogen and oxygen atoms in total. The van der Waals surface area contributed by atoms with Crippen LogP contribution >= 0.6 is 23.1 Å². The lowest BCUT2D eigenvalue weighted by atomic mass is 10.1. The fourth-order valence-electron chi connectivity index (χ4n) is 3.51. The van der Waals surface area contributed by atoms with E-state index in [2.05, 4.69) is 22.1 Å². The zero-order valence-electron chi connectivity index (χ0n) is 20.0. The van der Waals surface area contributed by atoms with Gasteiger partial charge < -0.3 is 15.0 Å². The first-order valence-corrected chi connectivity index (χ1v) is 12.6. The van der Waals surface area contributed by atoms with E-state index in [-0.39, 0.29) is 11.7 Å². The van der Waals surface area contributed by atoms with Crippen LogP contribution in [0.25, 0.3) is 11.4 Å². The number of carbonyl (C=O) groups excluding carboxylic acids is 2. The lowest BCUT2D eigenvalue weighted by Crippen LogP contribution is -2.16. The fraction of sp³-hybridized carbons (Fsp3) is 0.333. The van der Waals surface area contributed by atoms with Crippen LogP contribution in [0, 0.1) is 6.92 Å². The number of ether oxygens (including phenoxy) is 1. The highest BCUT2D eigenvalue weighted by Gasteiger charge is 2.23. The minimum Gasteiger partial charge on any atom is -0.465 e. The Hall–Kier alpha value is -3.11. The number of methoxy groups -OCH3 is 1. The molecular formula is C24H29N5O3S2. The lowest BCUT2D eigenvalue weighted by molar-refractivity contribution is -0.113. The number of esters is 1. The van der Waals surface area contributed by atoms with Gasteiger partial charge in [0.25, 0.3) is 0 Å². The van der Waals surface area contributed by atoms with E-state index >= 15 is 0 Å². The molecular weight excluding hydrogens is 470 g/mol. The summed E-state index contributed by atoms with van der Waals surface area (Å²) in [6, 6.07) is 8.04. The Balaban J connectivity index is 1.76. The highest BCUT2D eigenvalue weighted by Crippen LogP contribution is 2.34. The third-order valence-electron chi connectivity index (χ3n) is 5.21. The molecule has 2 aromatic heterocycles. The standard InChI is InChI=1S/C24H29N5O3S2/c1-7-13-29-21(16-9-11-17(12-10-16)28(4)5)26-27-24(29)33-14-19(30)25-22-20(23(31)32-6)18(8-2)15(3)34-22/h7,9-12H,1,8,13-14H2,2-6H3,(H,25,30). The van der Waals surface area contributed by atoms with E-state index in [0.29, 0.717) is 34.5 Å². The number of amides is 1. The molecule has 34 heavy (non-hydrogen) atoms. The molecule has 0 fully saturated rings. The number of hydrogen-bond donors (Lipinski definition) is 1. The van der Waals surface area contributed by atoms with Crippen LogP contribution < -0.4 is 10.2 Å². The first kappa shape index (κ1) is 25.5. The highest BCUT2D eigenvalue weighted by atomic mass is 32.2. The van der Waals surface area contributed by atoms with E-state index < -0.39 is 5.97 Å². The van der Waals surface area contributed by atoms with Gasteiger partial charge in [0.15, 0.2) is 11.0 Å². The van der Waals surface area contributed by atoms with Crippen molar-refractivity contribution in [1.82, 2.24) is 14.8 Å². The number of benzene rings is 1. The van der Waals surface area contributed by atoms with Crippen molar-refractivity contribution in [1.29, 1.82) is 0 Å². The van der Waals surface area contributed by atoms with Crippen molar-refractivity contribution >= 4 is 45.7 Å². The Kier molecular flexibility index (Phi) is 8.51. The molecule has 0 aliphatic rings. The predicted octanol–water partition coefficient (Wildman–Crippen LogP) is 4.65. The van der Waals surface area contributed by atoms with Gasteiger partial charge in [-0.2, -0.15) is 0 Å². The maximum absolute atomic E-state index is 12.7. The van der Waals surface area contributed by atoms with E-state index in [0.717, 1.165) is 21.7 Å². The quantitative estimate of drug-likeness (QED) is 0.247. The first-order valence-electron chi connectivity index (χ1n) is 10.8. The molecule has 1 N–H and O–H groups in total. The molecule has 1 aromatic carbocycles. The summed E-state index contributed by atoms with van der Waals surface area (Å²) in [4.78, 5) is 28.1. The van der Waals surface area contributed by atoms with E-state index in [9.17, 15) is 9.59 Å². The molecule has 0 bridgehead atoms. The molecule has 1 amide bonds. The number of thiophene rings is 1. The minimum absolute atomic E-state index is 0.119. The van der Waals surface area contributed by atoms with Gasteiger partial charge in [-0.1, -0.05) is 24.8 Å². The summed E-state index contributed by atoms with van der Waals surface area (Å²) in [6.07, 6.45) is 2.45. The summed E-state index contributed by atoms with van der Waals surface area (Å²) >= 11 is 2.67. The van der Waals surface area contributed by atoms with Gasteiger partial charge in [0.1, 0.15) is 5.00 Å². The second-order valence-electron chi connectivity index (χ2n) is 7.67. The SMILES string of the molecule is C=CCn1c(SCC(=O)Nc2sc(C)c(CC)c2C(=O)OC)nnc1-c1ccc(N(C)C)cc1. The molecule has 0 aliphatic carbocycles. The number of rotatable bonds is 10. The fourth-order valence-corrected chi connectivity index (χ4v) is 5.41. The summed E-state index contributed by atoms with van der Waals surface area (Å²) in [5.74, 6) is 0.153. The molecule has 2 heterocycles. The van der Waals surface area contributed by atoms with Crippen LogP contribution in [0.4, 0.5) is 10.7 Å². The molecule has 0 spiro atoms. The topological polar surface area (TPSA) is 89.3 Å². The summed E-state index contributed by atoms with van der Waals surface area (Å²) in [5, 5.41) is 12.7. The van der Waals surface area contributed by atoms with Crippen LogP contribution in [-0.2, 0) is 22.5 Å². The van der Waals surface area contributed by atoms with Gasteiger partial charge in [0.2, 0.25) is 5.91 Å². The summed E-state index contributed by atoms with van der Waals surface area (Å²) in [5.41, 5.74) is 3.35. The van der Waals surface area contributed by atoms with Crippen LogP contribution in [0.5, 0.6) is 0 Å². The number of hydrogen-bond acceptors (Lipinski definition) is 8. The molecule has 3 rings (SSSR count). The van der Waals surface area contributed by atoms with E-state index in [1.165, 1.54) is 30.2 Å². The average Bonchev–Trinajstić information content (AvgIpc) is 3.37. The predicted molar refractivity (Wildman–Crippen MR) is 139 cm³/mol. The van der Waals surface area contributed by atoms with Crippen LogP contribution in [0.15, 0.2) is 42.1 Å². The van der Waals surface area contributed by atoms with Gasteiger partial charge in [-0.25, -0.2) is 4.79 Å². The van der Waals surface area contributed by atoms with Gasteiger partial charge >= 0.3 is 5.97 Å². The number of anilines is 2. The van der Waals surface area contributed by atoms with Gasteiger partial charge in [-0.3, -0.25) is 9.36 Å². The van der Waals surface area contributed by atoms with Gasteiger partial charge in [0.05, 0.1) is 18.4 Å². The van der Waals surface area contributed by atoms with Gasteiger partial charge in [0, 0.05) is 36.8 Å². The normalized spacial score (nSPS) is 10.7. The third kappa shape index (κ3) is 5.51. The third-order valence-corrected chi connectivity index (χ3v) is 7.24. The monoisotopic (exact) mass is 499 g/mol. The van der Waals surface area contributed by atoms with Crippen LogP contribution in [-0.4, -0.2) is 53.6 Å². The van der Waals surface area contributed by atoms with Crippen molar-refractivity contribution in [3.63, 3.8) is 0 Å². The molecule has 0 saturated heterocycles. The number of aryl methyl sites for hydroxylation is 1. The van der Waals surface area contributed by atoms with Crippen molar-refractivity contribution in [3.8, 4) is 11.4 Å². The Morgan fingerprint density at radius 2 is 1.97 bits per heavy atom. The van der Waals surface area contributed by atoms with Gasteiger partial charge in [-0.05, 0) is 43.2 Å². The van der Waals surface area contributed by atoms with E-state index in [1.54, 1.807) is 6.08 Å². The average molecular weight is 500 g/mol. The molecule has 0 radical (unpaired) electrons.